The second-order valence-corrected chi connectivity index (χ2v) is 1.96. The molecule has 78 valence electrons. The zero-order valence-corrected chi connectivity index (χ0v) is 6.67. The minimum atomic E-state index is -4.15. The molecular weight excluding hydrogens is 196 g/mol. The molecule has 0 saturated carbocycles. The minimum Gasteiger partial charge on any atom is -0.412 e. The van der Waals surface area contributed by atoms with Gasteiger partial charge in [0.25, 0.3) is 0 Å². The van der Waals surface area contributed by atoms with Gasteiger partial charge >= 0.3 is 10.4 Å². The third-order valence-electron chi connectivity index (χ3n) is 0.300. The Morgan fingerprint density at radius 2 is 1.25 bits per heavy atom. The van der Waals surface area contributed by atoms with E-state index in [0.29, 0.717) is 0 Å². The molecule has 0 spiro atoms. The van der Waals surface area contributed by atoms with E-state index in [1.54, 1.807) is 0 Å². The van der Waals surface area contributed by atoms with Crippen LogP contribution in [0.15, 0.2) is 0 Å². The Morgan fingerprint density at radius 3 is 1.42 bits per heavy atom. The first kappa shape index (κ1) is 17.6. The van der Waals surface area contributed by atoms with Crippen molar-refractivity contribution >= 4 is 10.4 Å². The lowest BCUT2D eigenvalue weighted by molar-refractivity contribution is 0.113. The molecule has 12 heteroatoms. The third-order valence-corrected chi connectivity index (χ3v) is 0.901. The van der Waals surface area contributed by atoms with Gasteiger partial charge in [-0.1, -0.05) is 0 Å². The highest BCUT2D eigenvalue weighted by Gasteiger charge is 2.09. The fourth-order valence-electron chi connectivity index (χ4n) is 0.135. The largest absolute Gasteiger partial charge is 0.434 e. The van der Waals surface area contributed by atoms with Gasteiger partial charge in [0, 0.05) is 0 Å². The van der Waals surface area contributed by atoms with Gasteiger partial charge in [-0.05, 0) is 0 Å². The van der Waals surface area contributed by atoms with Crippen LogP contribution in [-0.2, 0) is 19.0 Å². The molecule has 12 heavy (non-hydrogen) atoms. The number of nitrogens with one attached hydrogen (secondary N) is 2. The number of hydrazine groups is 3. The number of nitrogens with two attached hydrogens (primary N) is 4. The van der Waals surface area contributed by atoms with Crippen LogP contribution in [0.5, 0.6) is 0 Å². The molecule has 0 aliphatic rings. The number of hydrogen-bond donors (Lipinski definition) is 6. The molecule has 0 bridgehead atoms. The molecule has 12 N–H and O–H groups in total. The Morgan fingerprint density at radius 1 is 1.00 bits per heavy atom. The Balaban J connectivity index is -0.000000249. The maximum atomic E-state index is 10.1. The Labute approximate surface area is 68.4 Å². The molecule has 0 aliphatic carbocycles. The standard InChI is InChI=1S/H6N4O4S.H4N2.H2O/c1-3-7-9(5,6)8-4-2;1-2;/h3-4H,1-2H2;1-2H2;1H2. The Hall–Kier alpha value is -0.410. The average Bonchev–Trinajstić information content (AvgIpc) is 1.91. The highest BCUT2D eigenvalue weighted by molar-refractivity contribution is 7.81. The van der Waals surface area contributed by atoms with Gasteiger partial charge in [0.05, 0.1) is 0 Å². The molecule has 0 heterocycles. The van der Waals surface area contributed by atoms with Crippen molar-refractivity contribution in [3.63, 3.8) is 0 Å². The van der Waals surface area contributed by atoms with Crippen molar-refractivity contribution in [2.75, 3.05) is 0 Å². The summed E-state index contributed by atoms with van der Waals surface area (Å²) in [6.07, 6.45) is 0. The van der Waals surface area contributed by atoms with E-state index >= 15 is 0 Å². The average molecular weight is 208 g/mol. The molecule has 0 unspecified atom stereocenters. The van der Waals surface area contributed by atoms with Crippen LogP contribution in [-0.4, -0.2) is 13.9 Å². The normalized spacial score (nSPS) is 9.33. The zero-order chi connectivity index (χ0) is 9.33. The first-order valence-electron chi connectivity index (χ1n) is 1.99. The van der Waals surface area contributed by atoms with Gasteiger partial charge in [0.1, 0.15) is 0 Å². The molecule has 0 amide bonds. The molecule has 11 nitrogen and oxygen atoms in total. The van der Waals surface area contributed by atoms with Crippen molar-refractivity contribution in [1.82, 2.24) is 11.2 Å². The summed E-state index contributed by atoms with van der Waals surface area (Å²) in [6.45, 7) is 0. The van der Waals surface area contributed by atoms with Gasteiger partial charge in [-0.2, -0.15) is 8.42 Å². The maximum Gasteiger partial charge on any atom is 0.434 e. The summed E-state index contributed by atoms with van der Waals surface area (Å²) in [5.41, 5.74) is 2.77. The lowest BCUT2D eigenvalue weighted by Crippen LogP contribution is -2.33. The van der Waals surface area contributed by atoms with Crippen LogP contribution in [0.4, 0.5) is 0 Å². The summed E-state index contributed by atoms with van der Waals surface area (Å²) in [5, 5.41) is 0. The minimum absolute atomic E-state index is 0. The summed E-state index contributed by atoms with van der Waals surface area (Å²) in [7, 11) is -4.15. The quantitative estimate of drug-likeness (QED) is 0.191. The van der Waals surface area contributed by atoms with Crippen LogP contribution in [0.3, 0.4) is 0 Å². The molecular formula is H12N6O5S. The summed E-state index contributed by atoms with van der Waals surface area (Å²) < 4.78 is 27.4. The molecule has 0 saturated heterocycles. The van der Waals surface area contributed by atoms with Crippen LogP contribution < -0.4 is 34.5 Å². The summed E-state index contributed by atoms with van der Waals surface area (Å²) in [4.78, 5) is 0. The van der Waals surface area contributed by atoms with E-state index in [0.717, 1.165) is 0 Å². The van der Waals surface area contributed by atoms with Gasteiger partial charge in [-0.15, -0.1) is 19.7 Å². The molecule has 0 rings (SSSR count). The molecule has 0 radical (unpaired) electrons. The second kappa shape index (κ2) is 10.6. The van der Waals surface area contributed by atoms with Crippen LogP contribution in [0, 0.1) is 0 Å². The van der Waals surface area contributed by atoms with Gasteiger partial charge in [0.15, 0.2) is 0 Å². The predicted octanol–water partition coefficient (Wildman–Crippen LogP) is -4.98. The topological polar surface area (TPSA) is 212 Å². The first-order valence-corrected chi connectivity index (χ1v) is 3.32. The third kappa shape index (κ3) is 12.3. The zero-order valence-electron chi connectivity index (χ0n) is 5.85. The van der Waals surface area contributed by atoms with Crippen LogP contribution in [0.2, 0.25) is 0 Å². The van der Waals surface area contributed by atoms with Crippen LogP contribution >= 0.6 is 0 Å². The highest BCUT2D eigenvalue weighted by atomic mass is 32.3. The van der Waals surface area contributed by atoms with E-state index < -0.39 is 10.4 Å². The summed E-state index contributed by atoms with van der Waals surface area (Å²) >= 11 is 0. The number of hydrogen-bond acceptors (Lipinski definition) is 10. The van der Waals surface area contributed by atoms with E-state index in [4.69, 9.17) is 0 Å². The van der Waals surface area contributed by atoms with Crippen molar-refractivity contribution in [1.29, 1.82) is 0 Å². The van der Waals surface area contributed by atoms with Gasteiger partial charge in [0.2, 0.25) is 0 Å². The Kier molecular flexibility index (Phi) is 15.5. The Bertz CT molecular complexity index is 139. The van der Waals surface area contributed by atoms with Crippen molar-refractivity contribution in [2.45, 2.75) is 0 Å². The summed E-state index contributed by atoms with van der Waals surface area (Å²) in [6, 6.07) is 0. The van der Waals surface area contributed by atoms with E-state index in [9.17, 15) is 8.42 Å². The smallest absolute Gasteiger partial charge is 0.412 e. The van der Waals surface area contributed by atoms with Crippen molar-refractivity contribution in [3.05, 3.63) is 0 Å². The van der Waals surface area contributed by atoms with Gasteiger partial charge in [-0.3, -0.25) is 11.7 Å². The maximum absolute atomic E-state index is 10.1. The lowest BCUT2D eigenvalue weighted by Gasteiger charge is -1.98. The van der Waals surface area contributed by atoms with Gasteiger partial charge in [-0.25, -0.2) is 11.7 Å². The van der Waals surface area contributed by atoms with Crippen molar-refractivity contribution in [3.8, 4) is 0 Å². The molecule has 0 aliphatic heterocycles. The van der Waals surface area contributed by atoms with E-state index in [1.807, 2.05) is 0 Å². The van der Waals surface area contributed by atoms with Gasteiger partial charge < -0.3 is 5.48 Å². The van der Waals surface area contributed by atoms with Crippen LogP contribution in [0.1, 0.15) is 0 Å². The fourth-order valence-corrected chi connectivity index (χ4v) is 0.405. The molecule has 0 atom stereocenters. The molecule has 0 aromatic rings. The molecule has 0 aromatic heterocycles. The summed E-state index contributed by atoms with van der Waals surface area (Å²) in [5.74, 6) is 16.9. The monoisotopic (exact) mass is 208 g/mol. The van der Waals surface area contributed by atoms with Crippen molar-refractivity contribution < 1.29 is 22.5 Å². The highest BCUT2D eigenvalue weighted by Crippen LogP contribution is 1.84. The molecule has 0 aromatic carbocycles. The lowest BCUT2D eigenvalue weighted by atomic mass is 12.8. The second-order valence-electron chi connectivity index (χ2n) is 0.811. The number of rotatable bonds is 4. The van der Waals surface area contributed by atoms with Crippen molar-refractivity contribution in [2.24, 2.45) is 23.4 Å². The SMILES string of the molecule is NN.NNOS(=O)(=O)ONN.O. The van der Waals surface area contributed by atoms with Crippen LogP contribution in [0.25, 0.3) is 0 Å². The van der Waals surface area contributed by atoms with E-state index in [-0.39, 0.29) is 5.48 Å². The molecule has 0 fully saturated rings. The van der Waals surface area contributed by atoms with E-state index in [2.05, 4.69) is 31.9 Å². The first-order chi connectivity index (χ1) is 5.12. The fraction of sp³-hybridized carbons (Fsp3) is 0. The van der Waals surface area contributed by atoms with E-state index in [1.165, 1.54) is 11.2 Å². The predicted molar refractivity (Wildman–Crippen MR) is 37.7 cm³/mol.